The summed E-state index contributed by atoms with van der Waals surface area (Å²) in [6.45, 7) is 0.217. The first kappa shape index (κ1) is 18.2. The largest absolute Gasteiger partial charge is 0.460 e. The van der Waals surface area contributed by atoms with Crippen LogP contribution < -0.4 is 10.1 Å². The smallest absolute Gasteiger partial charge is 0.316 e. The van der Waals surface area contributed by atoms with E-state index in [-0.39, 0.29) is 30.6 Å². The highest BCUT2D eigenvalue weighted by Gasteiger charge is 2.36. The molecule has 2 atom stereocenters. The van der Waals surface area contributed by atoms with Crippen LogP contribution in [-0.2, 0) is 4.79 Å². The topological polar surface area (TPSA) is 91.1 Å². The highest BCUT2D eigenvalue weighted by Crippen LogP contribution is 2.24. The third-order valence-corrected chi connectivity index (χ3v) is 5.04. The monoisotopic (exact) mass is 353 g/mol. The van der Waals surface area contributed by atoms with Gasteiger partial charge >= 0.3 is 6.01 Å². The summed E-state index contributed by atoms with van der Waals surface area (Å²) in [7, 11) is 0. The molecule has 3 rings (SSSR count). The van der Waals surface area contributed by atoms with Crippen LogP contribution in [0.3, 0.4) is 0 Å². The van der Waals surface area contributed by atoms with Gasteiger partial charge in [0.05, 0.1) is 18.7 Å². The zero-order chi connectivity index (χ0) is 18.4. The van der Waals surface area contributed by atoms with Gasteiger partial charge in [0.1, 0.15) is 12.1 Å². The fourth-order valence-electron chi connectivity index (χ4n) is 3.65. The molecular weight excluding hydrogens is 330 g/mol. The van der Waals surface area contributed by atoms with Crippen LogP contribution in [0.15, 0.2) is 18.5 Å². The average molecular weight is 353 g/mol. The Hall–Kier alpha value is -2.64. The van der Waals surface area contributed by atoms with Gasteiger partial charge in [0, 0.05) is 18.4 Å². The Balaban J connectivity index is 1.43. The Kier molecular flexibility index (Phi) is 6.04. The predicted octanol–water partition coefficient (Wildman–Crippen LogP) is 1.27. The van der Waals surface area contributed by atoms with E-state index < -0.39 is 6.04 Å². The third-order valence-electron chi connectivity index (χ3n) is 5.04. The fourth-order valence-corrected chi connectivity index (χ4v) is 3.65. The van der Waals surface area contributed by atoms with Crippen molar-refractivity contribution in [2.24, 2.45) is 0 Å². The van der Waals surface area contributed by atoms with Gasteiger partial charge in [-0.1, -0.05) is 5.92 Å². The van der Waals surface area contributed by atoms with Gasteiger partial charge in [-0.15, -0.1) is 6.42 Å². The van der Waals surface area contributed by atoms with Crippen LogP contribution in [-0.4, -0.2) is 51.5 Å². The predicted molar refractivity (Wildman–Crippen MR) is 94.8 cm³/mol. The third kappa shape index (κ3) is 4.30. The molecule has 2 fully saturated rings. The highest BCUT2D eigenvalue weighted by atomic mass is 16.5. The SMILES string of the molecule is C#C[C@H]1CC[C@@H](C#N)N1C(=O)CNC1CCC(Oc2ncccn2)CC1. The van der Waals surface area contributed by atoms with E-state index in [0.717, 1.165) is 25.7 Å². The number of amides is 1. The van der Waals surface area contributed by atoms with Crippen molar-refractivity contribution in [3.8, 4) is 24.4 Å². The van der Waals surface area contributed by atoms with Crippen LogP contribution >= 0.6 is 0 Å². The summed E-state index contributed by atoms with van der Waals surface area (Å²) >= 11 is 0. The minimum Gasteiger partial charge on any atom is -0.460 e. The van der Waals surface area contributed by atoms with Gasteiger partial charge in [-0.05, 0) is 44.6 Å². The number of rotatable bonds is 5. The first-order valence-electron chi connectivity index (χ1n) is 9.05. The molecule has 1 N–H and O–H groups in total. The van der Waals surface area contributed by atoms with Crippen molar-refractivity contribution >= 4 is 5.91 Å². The second kappa shape index (κ2) is 8.64. The zero-order valence-corrected chi connectivity index (χ0v) is 14.7. The van der Waals surface area contributed by atoms with E-state index in [1.807, 2.05) is 0 Å². The number of carbonyl (C=O) groups is 1. The molecule has 1 aromatic rings. The zero-order valence-electron chi connectivity index (χ0n) is 14.7. The van der Waals surface area contributed by atoms with Crippen molar-refractivity contribution in [3.63, 3.8) is 0 Å². The number of hydrogen-bond donors (Lipinski definition) is 1. The standard InChI is InChI=1S/C19H23N5O2/c1-2-15-6-7-16(12-20)24(15)18(25)13-23-14-4-8-17(9-5-14)26-19-21-10-3-11-22-19/h1,3,10-11,14-17,23H,4-9,13H2/t14?,15-,16-,17?/m0/s1. The van der Waals surface area contributed by atoms with Crippen molar-refractivity contribution < 1.29 is 9.53 Å². The number of carbonyl (C=O) groups excluding carboxylic acids is 1. The lowest BCUT2D eigenvalue weighted by Crippen LogP contribution is -2.47. The number of aromatic nitrogens is 2. The molecular formula is C19H23N5O2. The van der Waals surface area contributed by atoms with Crippen molar-refractivity contribution in [1.82, 2.24) is 20.2 Å². The lowest BCUT2D eigenvalue weighted by Gasteiger charge is -2.30. The van der Waals surface area contributed by atoms with Gasteiger partial charge in [0.15, 0.2) is 0 Å². The molecule has 0 bridgehead atoms. The van der Waals surface area contributed by atoms with E-state index in [1.54, 1.807) is 23.4 Å². The molecule has 2 heterocycles. The molecule has 0 unspecified atom stereocenters. The molecule has 0 radical (unpaired) electrons. The molecule has 0 spiro atoms. The fraction of sp³-hybridized carbons (Fsp3) is 0.579. The molecule has 7 heteroatoms. The van der Waals surface area contributed by atoms with Crippen molar-refractivity contribution in [3.05, 3.63) is 18.5 Å². The lowest BCUT2D eigenvalue weighted by atomic mass is 9.93. The number of hydrogen-bond acceptors (Lipinski definition) is 6. The minimum atomic E-state index is -0.402. The Morgan fingerprint density at radius 3 is 2.58 bits per heavy atom. The van der Waals surface area contributed by atoms with E-state index in [9.17, 15) is 10.1 Å². The van der Waals surface area contributed by atoms with Crippen LogP contribution in [0.2, 0.25) is 0 Å². The van der Waals surface area contributed by atoms with E-state index in [2.05, 4.69) is 27.3 Å². The Labute approximate surface area is 153 Å². The molecule has 1 amide bonds. The van der Waals surface area contributed by atoms with E-state index >= 15 is 0 Å². The lowest BCUT2D eigenvalue weighted by molar-refractivity contribution is -0.131. The molecule has 1 aliphatic carbocycles. The van der Waals surface area contributed by atoms with Crippen LogP contribution in [0.1, 0.15) is 38.5 Å². The minimum absolute atomic E-state index is 0.0898. The molecule has 136 valence electrons. The van der Waals surface area contributed by atoms with E-state index in [4.69, 9.17) is 11.2 Å². The van der Waals surface area contributed by atoms with Crippen molar-refractivity contribution in [2.75, 3.05) is 6.54 Å². The van der Waals surface area contributed by atoms with Crippen LogP contribution in [0.4, 0.5) is 0 Å². The summed E-state index contributed by atoms with van der Waals surface area (Å²) < 4.78 is 5.78. The number of nitrogens with one attached hydrogen (secondary N) is 1. The van der Waals surface area contributed by atoms with Crippen molar-refractivity contribution in [1.29, 1.82) is 5.26 Å². The van der Waals surface area contributed by atoms with Crippen LogP contribution in [0.5, 0.6) is 6.01 Å². The second-order valence-corrected chi connectivity index (χ2v) is 6.71. The molecule has 26 heavy (non-hydrogen) atoms. The summed E-state index contributed by atoms with van der Waals surface area (Å²) in [5.41, 5.74) is 0. The molecule has 2 aliphatic rings. The van der Waals surface area contributed by atoms with Gasteiger partial charge in [-0.2, -0.15) is 5.26 Å². The Morgan fingerprint density at radius 1 is 1.23 bits per heavy atom. The van der Waals surface area contributed by atoms with Crippen LogP contribution in [0, 0.1) is 23.7 Å². The number of nitrogens with zero attached hydrogens (tertiary/aromatic N) is 4. The first-order valence-corrected chi connectivity index (χ1v) is 9.05. The van der Waals surface area contributed by atoms with Gasteiger partial charge < -0.3 is 15.0 Å². The number of ether oxygens (including phenoxy) is 1. The highest BCUT2D eigenvalue weighted by molar-refractivity contribution is 5.80. The maximum atomic E-state index is 12.5. The molecule has 1 saturated heterocycles. The van der Waals surface area contributed by atoms with Crippen LogP contribution in [0.25, 0.3) is 0 Å². The summed E-state index contributed by atoms with van der Waals surface area (Å²) in [5, 5.41) is 12.5. The normalized spacial score (nSPS) is 28.2. The van der Waals surface area contributed by atoms with Gasteiger partial charge in [-0.25, -0.2) is 9.97 Å². The maximum Gasteiger partial charge on any atom is 0.316 e. The maximum absolute atomic E-state index is 12.5. The molecule has 7 nitrogen and oxygen atoms in total. The van der Waals surface area contributed by atoms with E-state index in [1.165, 1.54) is 0 Å². The number of terminal acetylenes is 1. The molecule has 1 aromatic heterocycles. The molecule has 1 saturated carbocycles. The Bertz CT molecular complexity index is 666. The van der Waals surface area contributed by atoms with Gasteiger partial charge in [-0.3, -0.25) is 4.79 Å². The Morgan fingerprint density at radius 2 is 1.92 bits per heavy atom. The summed E-state index contributed by atoms with van der Waals surface area (Å²) in [5.74, 6) is 2.53. The van der Waals surface area contributed by atoms with Gasteiger partial charge in [0.2, 0.25) is 5.91 Å². The molecule has 0 aromatic carbocycles. The number of likely N-dealkylation sites (tertiary alicyclic amines) is 1. The summed E-state index contributed by atoms with van der Waals surface area (Å²) in [6.07, 6.45) is 13.9. The van der Waals surface area contributed by atoms with Gasteiger partial charge in [0.25, 0.3) is 0 Å². The molecule has 1 aliphatic heterocycles. The van der Waals surface area contributed by atoms with Crippen molar-refractivity contribution in [2.45, 2.75) is 62.8 Å². The second-order valence-electron chi connectivity index (χ2n) is 6.71. The first-order chi connectivity index (χ1) is 12.7. The quantitative estimate of drug-likeness (QED) is 0.802. The van der Waals surface area contributed by atoms with E-state index in [0.29, 0.717) is 18.9 Å². The number of nitriles is 1. The summed E-state index contributed by atoms with van der Waals surface area (Å²) in [6, 6.07) is 3.95. The summed E-state index contributed by atoms with van der Waals surface area (Å²) in [4.78, 5) is 22.2. The average Bonchev–Trinajstić information content (AvgIpc) is 3.11.